The highest BCUT2D eigenvalue weighted by Gasteiger charge is 2.33. The smallest absolute Gasteiger partial charge is 0.325 e. The first-order valence-electron chi connectivity index (χ1n) is 7.84. The normalized spacial score (nSPS) is 20.6. The number of nitrogens with zero attached hydrogens (tertiary/aromatic N) is 2. The third-order valence-electron chi connectivity index (χ3n) is 4.14. The van der Waals surface area contributed by atoms with Gasteiger partial charge in [-0.05, 0) is 32.9 Å². The average Bonchev–Trinajstić information content (AvgIpc) is 2.46. The maximum Gasteiger partial charge on any atom is 0.325 e. The van der Waals surface area contributed by atoms with Crippen molar-refractivity contribution in [1.82, 2.24) is 15.1 Å². The molecule has 1 rings (SSSR count). The largest absolute Gasteiger partial charge is 0.468 e. The second kappa shape index (κ2) is 8.60. The van der Waals surface area contributed by atoms with Crippen LogP contribution in [0.15, 0.2) is 0 Å². The van der Waals surface area contributed by atoms with Crippen molar-refractivity contribution in [2.24, 2.45) is 0 Å². The zero-order valence-corrected chi connectivity index (χ0v) is 13.6. The second-order valence-corrected chi connectivity index (χ2v) is 5.79. The molecule has 0 bridgehead atoms. The average molecular weight is 285 g/mol. The number of carbonyl (C=O) groups excluding carboxylic acids is 1. The lowest BCUT2D eigenvalue weighted by Gasteiger charge is -2.36. The number of esters is 1. The third-order valence-corrected chi connectivity index (χ3v) is 4.14. The van der Waals surface area contributed by atoms with E-state index < -0.39 is 5.54 Å². The molecule has 5 heteroatoms. The van der Waals surface area contributed by atoms with Crippen molar-refractivity contribution >= 4 is 5.97 Å². The van der Waals surface area contributed by atoms with Gasteiger partial charge in [-0.1, -0.05) is 13.8 Å². The number of piperazine rings is 1. The lowest BCUT2D eigenvalue weighted by atomic mass is 9.97. The minimum absolute atomic E-state index is 0.163. The van der Waals surface area contributed by atoms with Gasteiger partial charge in [-0.15, -0.1) is 0 Å². The van der Waals surface area contributed by atoms with Crippen LogP contribution in [0, 0.1) is 0 Å². The Labute approximate surface area is 123 Å². The lowest BCUT2D eigenvalue weighted by Crippen LogP contribution is -2.53. The molecular weight excluding hydrogens is 254 g/mol. The molecule has 0 radical (unpaired) electrons. The van der Waals surface area contributed by atoms with Crippen LogP contribution in [0.5, 0.6) is 0 Å². The van der Waals surface area contributed by atoms with Crippen LogP contribution in [0.1, 0.15) is 33.6 Å². The van der Waals surface area contributed by atoms with E-state index >= 15 is 0 Å². The van der Waals surface area contributed by atoms with Crippen LogP contribution in [-0.2, 0) is 9.53 Å². The maximum absolute atomic E-state index is 11.9. The number of carbonyl (C=O) groups is 1. The summed E-state index contributed by atoms with van der Waals surface area (Å²) in [6.07, 6.45) is 2.02. The molecule has 118 valence electrons. The van der Waals surface area contributed by atoms with Crippen LogP contribution in [0.25, 0.3) is 0 Å². The van der Waals surface area contributed by atoms with Crippen molar-refractivity contribution < 1.29 is 9.53 Å². The van der Waals surface area contributed by atoms with Gasteiger partial charge in [-0.3, -0.25) is 4.79 Å². The highest BCUT2D eigenvalue weighted by Crippen LogP contribution is 2.14. The van der Waals surface area contributed by atoms with Gasteiger partial charge in [-0.25, -0.2) is 0 Å². The molecule has 0 spiro atoms. The van der Waals surface area contributed by atoms with E-state index in [2.05, 4.69) is 22.0 Å². The first-order chi connectivity index (χ1) is 9.55. The zero-order valence-electron chi connectivity index (χ0n) is 13.6. The summed E-state index contributed by atoms with van der Waals surface area (Å²) in [6.45, 7) is 13.6. The zero-order chi connectivity index (χ0) is 15.0. The summed E-state index contributed by atoms with van der Waals surface area (Å²) in [7, 11) is 1.46. The Morgan fingerprint density at radius 2 is 1.70 bits per heavy atom. The Balaban J connectivity index is 2.39. The van der Waals surface area contributed by atoms with E-state index in [1.807, 2.05) is 13.8 Å². The Kier molecular flexibility index (Phi) is 7.48. The predicted octanol–water partition coefficient (Wildman–Crippen LogP) is 0.945. The van der Waals surface area contributed by atoms with Crippen LogP contribution >= 0.6 is 0 Å². The first-order valence-corrected chi connectivity index (χ1v) is 7.84. The topological polar surface area (TPSA) is 44.8 Å². The number of likely N-dealkylation sites (N-methyl/N-ethyl adjacent to an activating group) is 1. The van der Waals surface area contributed by atoms with Crippen LogP contribution in [-0.4, -0.2) is 74.2 Å². The van der Waals surface area contributed by atoms with E-state index in [0.29, 0.717) is 0 Å². The SMILES string of the molecule is CCCN1CCN(CCC(C)(NCC)C(=O)OC)CC1. The van der Waals surface area contributed by atoms with E-state index in [-0.39, 0.29) is 5.97 Å². The van der Waals surface area contributed by atoms with Crippen LogP contribution in [0.3, 0.4) is 0 Å². The fourth-order valence-corrected chi connectivity index (χ4v) is 2.81. The number of hydrogen-bond acceptors (Lipinski definition) is 5. The minimum atomic E-state index is -0.565. The summed E-state index contributed by atoms with van der Waals surface area (Å²) in [4.78, 5) is 16.9. The van der Waals surface area contributed by atoms with Gasteiger partial charge in [0.2, 0.25) is 0 Å². The van der Waals surface area contributed by atoms with Crippen molar-refractivity contribution in [2.45, 2.75) is 39.2 Å². The molecule has 1 heterocycles. The van der Waals surface area contributed by atoms with Crippen LogP contribution in [0.2, 0.25) is 0 Å². The molecule has 0 aromatic carbocycles. The minimum Gasteiger partial charge on any atom is -0.468 e. The molecule has 1 atom stereocenters. The Bertz CT molecular complexity index is 291. The first kappa shape index (κ1) is 17.4. The van der Waals surface area contributed by atoms with Gasteiger partial charge in [0.1, 0.15) is 5.54 Å². The van der Waals surface area contributed by atoms with Gasteiger partial charge < -0.3 is 19.9 Å². The van der Waals surface area contributed by atoms with Crippen LogP contribution in [0.4, 0.5) is 0 Å². The molecule has 0 saturated carbocycles. The van der Waals surface area contributed by atoms with Crippen LogP contribution < -0.4 is 5.32 Å². The molecule has 1 aliphatic heterocycles. The van der Waals surface area contributed by atoms with Gasteiger partial charge in [0.05, 0.1) is 7.11 Å². The number of rotatable bonds is 8. The van der Waals surface area contributed by atoms with Crippen molar-refractivity contribution in [3.8, 4) is 0 Å². The van der Waals surface area contributed by atoms with Gasteiger partial charge in [0.25, 0.3) is 0 Å². The molecule has 0 aromatic heterocycles. The fraction of sp³-hybridized carbons (Fsp3) is 0.933. The van der Waals surface area contributed by atoms with E-state index in [9.17, 15) is 4.79 Å². The molecule has 1 aliphatic rings. The molecule has 1 saturated heterocycles. The predicted molar refractivity (Wildman–Crippen MR) is 81.9 cm³/mol. The molecule has 20 heavy (non-hydrogen) atoms. The summed E-state index contributed by atoms with van der Waals surface area (Å²) in [5.74, 6) is -0.163. The highest BCUT2D eigenvalue weighted by atomic mass is 16.5. The van der Waals surface area contributed by atoms with Gasteiger partial charge >= 0.3 is 5.97 Å². The molecule has 0 amide bonds. The quantitative estimate of drug-likeness (QED) is 0.673. The van der Waals surface area contributed by atoms with E-state index in [1.165, 1.54) is 20.1 Å². The summed E-state index contributed by atoms with van der Waals surface area (Å²) < 4.78 is 4.93. The molecule has 1 N–H and O–H groups in total. The Morgan fingerprint density at radius 3 is 2.15 bits per heavy atom. The highest BCUT2D eigenvalue weighted by molar-refractivity contribution is 5.80. The van der Waals surface area contributed by atoms with Crippen molar-refractivity contribution in [3.63, 3.8) is 0 Å². The van der Waals surface area contributed by atoms with E-state index in [1.54, 1.807) is 0 Å². The maximum atomic E-state index is 11.9. The molecule has 5 nitrogen and oxygen atoms in total. The van der Waals surface area contributed by atoms with Crippen molar-refractivity contribution in [3.05, 3.63) is 0 Å². The summed E-state index contributed by atoms with van der Waals surface area (Å²) >= 11 is 0. The number of ether oxygens (including phenoxy) is 1. The summed E-state index contributed by atoms with van der Waals surface area (Å²) in [6, 6.07) is 0. The molecule has 0 aromatic rings. The molecule has 0 aliphatic carbocycles. The van der Waals surface area contributed by atoms with E-state index in [4.69, 9.17) is 4.74 Å². The van der Waals surface area contributed by atoms with E-state index in [0.717, 1.165) is 45.7 Å². The summed E-state index contributed by atoms with van der Waals surface area (Å²) in [5, 5.41) is 3.27. The third kappa shape index (κ3) is 5.04. The molecular formula is C15H31N3O2. The monoisotopic (exact) mass is 285 g/mol. The number of methoxy groups -OCH3 is 1. The van der Waals surface area contributed by atoms with Crippen molar-refractivity contribution in [2.75, 3.05) is 52.9 Å². The van der Waals surface area contributed by atoms with Gasteiger partial charge in [0, 0.05) is 32.7 Å². The van der Waals surface area contributed by atoms with Gasteiger partial charge in [0.15, 0.2) is 0 Å². The Hall–Kier alpha value is -0.650. The van der Waals surface area contributed by atoms with Gasteiger partial charge in [-0.2, -0.15) is 0 Å². The molecule has 1 fully saturated rings. The Morgan fingerprint density at radius 1 is 1.15 bits per heavy atom. The summed E-state index contributed by atoms with van der Waals surface area (Å²) in [5.41, 5.74) is -0.565. The number of hydrogen-bond donors (Lipinski definition) is 1. The lowest BCUT2D eigenvalue weighted by molar-refractivity contribution is -0.148. The standard InChI is InChI=1S/C15H31N3O2/c1-5-8-17-10-12-18(13-11-17)9-7-15(3,16-6-2)14(19)20-4/h16H,5-13H2,1-4H3. The number of nitrogens with one attached hydrogen (secondary N) is 1. The fourth-order valence-electron chi connectivity index (χ4n) is 2.81. The van der Waals surface area contributed by atoms with Crippen molar-refractivity contribution in [1.29, 1.82) is 0 Å². The second-order valence-electron chi connectivity index (χ2n) is 5.79. The molecule has 1 unspecified atom stereocenters.